The summed E-state index contributed by atoms with van der Waals surface area (Å²) in [7, 11) is 2.15. The molecule has 31 heavy (non-hydrogen) atoms. The SMILES string of the molecule is Cc1cc(F)c2nc(C3=Cc4ccc(N5CCCN(C)CC5)nc4CCC3=O)cn2c1. The van der Waals surface area contributed by atoms with Gasteiger partial charge in [-0.1, -0.05) is 0 Å². The lowest BCUT2D eigenvalue weighted by atomic mass is 10.1. The highest BCUT2D eigenvalue weighted by molar-refractivity contribution is 6.25. The molecule has 0 atom stereocenters. The Hall–Kier alpha value is -3.06. The summed E-state index contributed by atoms with van der Waals surface area (Å²) in [6.45, 7) is 5.89. The quantitative estimate of drug-likeness (QED) is 0.638. The van der Waals surface area contributed by atoms with Crippen LogP contribution in [0.2, 0.25) is 0 Å². The van der Waals surface area contributed by atoms with Crippen LogP contribution < -0.4 is 4.90 Å². The van der Waals surface area contributed by atoms with Crippen LogP contribution in [0.3, 0.4) is 0 Å². The summed E-state index contributed by atoms with van der Waals surface area (Å²) in [4.78, 5) is 26.9. The van der Waals surface area contributed by atoms with Crippen molar-refractivity contribution >= 4 is 28.9 Å². The molecule has 1 fully saturated rings. The summed E-state index contributed by atoms with van der Waals surface area (Å²) in [6.07, 6.45) is 7.49. The second-order valence-corrected chi connectivity index (χ2v) is 8.55. The van der Waals surface area contributed by atoms with Crippen LogP contribution in [0.4, 0.5) is 10.2 Å². The molecule has 1 saturated heterocycles. The Morgan fingerprint density at radius 3 is 2.77 bits per heavy atom. The summed E-state index contributed by atoms with van der Waals surface area (Å²) in [5.74, 6) is 0.600. The van der Waals surface area contributed by atoms with Gasteiger partial charge in [-0.25, -0.2) is 14.4 Å². The van der Waals surface area contributed by atoms with Gasteiger partial charge in [0.05, 0.1) is 11.4 Å². The first-order valence-electron chi connectivity index (χ1n) is 10.8. The van der Waals surface area contributed by atoms with Crippen LogP contribution in [0.1, 0.15) is 35.4 Å². The molecule has 0 N–H and O–H groups in total. The van der Waals surface area contributed by atoms with E-state index in [-0.39, 0.29) is 17.2 Å². The van der Waals surface area contributed by atoms with Gasteiger partial charge in [-0.15, -0.1) is 0 Å². The summed E-state index contributed by atoms with van der Waals surface area (Å²) in [5.41, 5.74) is 3.93. The predicted octanol–water partition coefficient (Wildman–Crippen LogP) is 3.37. The van der Waals surface area contributed by atoms with Crippen molar-refractivity contribution in [3.63, 3.8) is 0 Å². The maximum atomic E-state index is 14.3. The van der Waals surface area contributed by atoms with Crippen molar-refractivity contribution in [1.29, 1.82) is 0 Å². The molecule has 5 rings (SSSR count). The van der Waals surface area contributed by atoms with Crippen LogP contribution in [0.15, 0.2) is 30.6 Å². The van der Waals surface area contributed by atoms with Gasteiger partial charge in [-0.3, -0.25) is 4.79 Å². The van der Waals surface area contributed by atoms with E-state index in [9.17, 15) is 9.18 Å². The highest BCUT2D eigenvalue weighted by Crippen LogP contribution is 2.28. The van der Waals surface area contributed by atoms with Gasteiger partial charge in [-0.2, -0.15) is 0 Å². The molecule has 0 spiro atoms. The zero-order valence-electron chi connectivity index (χ0n) is 17.9. The van der Waals surface area contributed by atoms with Crippen molar-refractivity contribution < 1.29 is 9.18 Å². The summed E-state index contributed by atoms with van der Waals surface area (Å²) < 4.78 is 16.0. The van der Waals surface area contributed by atoms with Gasteiger partial charge in [0.15, 0.2) is 17.2 Å². The topological polar surface area (TPSA) is 53.7 Å². The normalized spacial score (nSPS) is 18.0. The van der Waals surface area contributed by atoms with E-state index in [1.54, 1.807) is 10.6 Å². The number of aryl methyl sites for hydroxylation is 2. The van der Waals surface area contributed by atoms with Gasteiger partial charge in [-0.05, 0) is 68.8 Å². The number of pyridine rings is 2. The van der Waals surface area contributed by atoms with Crippen LogP contribution in [0.5, 0.6) is 0 Å². The van der Waals surface area contributed by atoms with Crippen LogP contribution in [0, 0.1) is 12.7 Å². The Bertz CT molecular complexity index is 1200. The van der Waals surface area contributed by atoms with Crippen molar-refractivity contribution in [2.45, 2.75) is 26.2 Å². The van der Waals surface area contributed by atoms with E-state index in [0.29, 0.717) is 24.1 Å². The Balaban J connectivity index is 1.51. The summed E-state index contributed by atoms with van der Waals surface area (Å²) in [5, 5.41) is 0. The number of carbonyl (C=O) groups excluding carboxylic acids is 1. The number of likely N-dealkylation sites (N-methyl/N-ethyl adjacent to an activating group) is 1. The molecule has 1 aliphatic heterocycles. The number of ketones is 1. The van der Waals surface area contributed by atoms with E-state index >= 15 is 0 Å². The third-order valence-corrected chi connectivity index (χ3v) is 6.15. The molecule has 6 nitrogen and oxygen atoms in total. The maximum absolute atomic E-state index is 14.3. The lowest BCUT2D eigenvalue weighted by Crippen LogP contribution is -2.29. The molecular formula is C24H26FN5O. The minimum absolute atomic E-state index is 0.0106. The van der Waals surface area contributed by atoms with E-state index in [0.717, 1.165) is 55.2 Å². The zero-order valence-corrected chi connectivity index (χ0v) is 17.9. The first-order valence-corrected chi connectivity index (χ1v) is 10.8. The van der Waals surface area contributed by atoms with Gasteiger partial charge in [0, 0.05) is 44.0 Å². The number of imidazole rings is 1. The first-order chi connectivity index (χ1) is 15.0. The number of aromatic nitrogens is 3. The Kier molecular flexibility index (Phi) is 5.06. The molecule has 0 bridgehead atoms. The van der Waals surface area contributed by atoms with E-state index in [1.165, 1.54) is 6.07 Å². The molecule has 7 heteroatoms. The van der Waals surface area contributed by atoms with Crippen molar-refractivity contribution in [2.75, 3.05) is 38.1 Å². The number of nitrogens with zero attached hydrogens (tertiary/aromatic N) is 5. The van der Waals surface area contributed by atoms with Gasteiger partial charge in [0.1, 0.15) is 5.82 Å². The molecule has 0 amide bonds. The van der Waals surface area contributed by atoms with E-state index in [2.05, 4.69) is 21.8 Å². The number of halogens is 1. The van der Waals surface area contributed by atoms with E-state index in [1.807, 2.05) is 31.3 Å². The number of carbonyl (C=O) groups is 1. The fourth-order valence-electron chi connectivity index (χ4n) is 4.42. The number of allylic oxidation sites excluding steroid dienone is 1. The highest BCUT2D eigenvalue weighted by atomic mass is 19.1. The largest absolute Gasteiger partial charge is 0.355 e. The number of hydrogen-bond acceptors (Lipinski definition) is 5. The highest BCUT2D eigenvalue weighted by Gasteiger charge is 2.22. The van der Waals surface area contributed by atoms with Gasteiger partial charge >= 0.3 is 0 Å². The molecule has 3 aromatic heterocycles. The Morgan fingerprint density at radius 2 is 1.90 bits per heavy atom. The second kappa shape index (κ2) is 7.89. The van der Waals surface area contributed by atoms with E-state index in [4.69, 9.17) is 4.98 Å². The lowest BCUT2D eigenvalue weighted by Gasteiger charge is -2.22. The van der Waals surface area contributed by atoms with Gasteiger partial charge in [0.25, 0.3) is 0 Å². The van der Waals surface area contributed by atoms with Crippen LogP contribution in [0.25, 0.3) is 17.3 Å². The molecule has 1 aliphatic carbocycles. The third-order valence-electron chi connectivity index (χ3n) is 6.15. The number of Topliss-reactive ketones (excluding diaryl/α,β-unsaturated/α-hetero) is 1. The molecule has 2 aliphatic rings. The lowest BCUT2D eigenvalue weighted by molar-refractivity contribution is -0.113. The van der Waals surface area contributed by atoms with Crippen molar-refractivity contribution in [1.82, 2.24) is 19.3 Å². The Morgan fingerprint density at radius 1 is 1.03 bits per heavy atom. The van der Waals surface area contributed by atoms with Gasteiger partial charge in [0.2, 0.25) is 0 Å². The van der Waals surface area contributed by atoms with Crippen molar-refractivity contribution in [2.24, 2.45) is 0 Å². The fourth-order valence-corrected chi connectivity index (χ4v) is 4.42. The summed E-state index contributed by atoms with van der Waals surface area (Å²) >= 11 is 0. The van der Waals surface area contributed by atoms with Crippen LogP contribution >= 0.6 is 0 Å². The molecule has 0 unspecified atom stereocenters. The van der Waals surface area contributed by atoms with Crippen molar-refractivity contribution in [3.8, 4) is 0 Å². The molecule has 4 heterocycles. The average molecular weight is 420 g/mol. The first kappa shape index (κ1) is 19.9. The molecule has 0 aromatic carbocycles. The molecular weight excluding hydrogens is 393 g/mol. The number of hydrogen-bond donors (Lipinski definition) is 0. The van der Waals surface area contributed by atoms with E-state index < -0.39 is 0 Å². The average Bonchev–Trinajstić information content (AvgIpc) is 2.94. The number of rotatable bonds is 2. The van der Waals surface area contributed by atoms with Crippen molar-refractivity contribution in [3.05, 3.63) is 58.9 Å². The minimum Gasteiger partial charge on any atom is -0.355 e. The van der Waals surface area contributed by atoms with Crippen LogP contribution in [-0.4, -0.2) is 58.3 Å². The smallest absolute Gasteiger partial charge is 0.173 e. The monoisotopic (exact) mass is 419 g/mol. The molecule has 0 radical (unpaired) electrons. The second-order valence-electron chi connectivity index (χ2n) is 8.55. The van der Waals surface area contributed by atoms with Gasteiger partial charge < -0.3 is 14.2 Å². The fraction of sp³-hybridized carbons (Fsp3) is 0.375. The molecule has 0 saturated carbocycles. The minimum atomic E-state index is -0.386. The molecule has 160 valence electrons. The predicted molar refractivity (Wildman–Crippen MR) is 120 cm³/mol. The van der Waals surface area contributed by atoms with Crippen LogP contribution in [-0.2, 0) is 11.2 Å². The molecule has 3 aromatic rings. The summed E-state index contributed by atoms with van der Waals surface area (Å²) in [6, 6.07) is 5.54. The zero-order chi connectivity index (χ0) is 21.5. The maximum Gasteiger partial charge on any atom is 0.173 e. The number of anilines is 1. The number of fused-ring (bicyclic) bond motifs is 2. The standard InChI is InChI=1S/C24H26FN5O/c1-16-12-19(25)24-27-21(15-30(24)14-16)18-13-17-4-7-23(26-20(17)5-6-22(18)31)29-9-3-8-28(2)10-11-29/h4,7,12-15H,3,5-6,8-11H2,1-2H3. The Labute approximate surface area is 181 Å². The third kappa shape index (κ3) is 3.85.